The molecule has 2 unspecified atom stereocenters. The monoisotopic (exact) mass is 719 g/mol. The molecule has 0 bridgehead atoms. The maximum atomic E-state index is 5.21. The Balaban J connectivity index is 1.18. The number of fused-ring (bicyclic) bond motifs is 6. The van der Waals surface area contributed by atoms with Gasteiger partial charge >= 0.3 is 0 Å². The first kappa shape index (κ1) is 32.2. The molecule has 5 heteroatoms. The summed E-state index contributed by atoms with van der Waals surface area (Å²) >= 11 is 0. The highest BCUT2D eigenvalue weighted by Gasteiger charge is 2.29. The lowest BCUT2D eigenvalue weighted by Gasteiger charge is -2.33. The second kappa shape index (κ2) is 13.3. The van der Waals surface area contributed by atoms with Crippen LogP contribution in [0.1, 0.15) is 23.6 Å². The van der Waals surface area contributed by atoms with Crippen LogP contribution in [0.3, 0.4) is 0 Å². The summed E-state index contributed by atoms with van der Waals surface area (Å²) in [7, 11) is 0. The average molecular weight is 720 g/mol. The number of amidine groups is 1. The number of nitrogens with one attached hydrogen (secondary N) is 2. The van der Waals surface area contributed by atoms with Crippen molar-refractivity contribution in [3.63, 3.8) is 0 Å². The minimum Gasteiger partial charge on any atom is -0.337 e. The second-order valence-corrected chi connectivity index (χ2v) is 14.4. The standard InChI is InChI=1S/C51H37N5/c1-5-18-34(19-6-1)38-28-17-31-45(48(38)35-20-7-2-8-21-35)55-43-29-15-13-26-39(43)41-33-47-42(32-46(41)55)40-27-14-16-30-44(40)56(47)51-53-49(36-22-9-3-10-23-36)52-50(54-51)37-24-11-4-12-25-37/h1-33,49,51,53H,(H,52,54). The SMILES string of the molecule is c1ccc(C2=NC(c3ccccc3)NC(n3c4ccccc4c4cc5c(cc43)c3ccccc3n5-c3cccc(-c4ccccc4)c3-c3ccccc3)N2)cc1. The largest absolute Gasteiger partial charge is 0.337 e. The van der Waals surface area contributed by atoms with Crippen LogP contribution in [0.4, 0.5) is 0 Å². The molecule has 2 aromatic heterocycles. The summed E-state index contributed by atoms with van der Waals surface area (Å²) in [6.45, 7) is 0. The van der Waals surface area contributed by atoms with Gasteiger partial charge in [-0.2, -0.15) is 0 Å². The number of aromatic nitrogens is 2. The Morgan fingerprint density at radius 3 is 1.70 bits per heavy atom. The lowest BCUT2D eigenvalue weighted by molar-refractivity contribution is 0.329. The van der Waals surface area contributed by atoms with Crippen molar-refractivity contribution in [2.45, 2.75) is 12.5 Å². The first-order valence-electron chi connectivity index (χ1n) is 19.2. The van der Waals surface area contributed by atoms with Crippen LogP contribution in [-0.2, 0) is 0 Å². The number of nitrogens with zero attached hydrogens (tertiary/aromatic N) is 3. The predicted molar refractivity (Wildman–Crippen MR) is 232 cm³/mol. The fourth-order valence-corrected chi connectivity index (χ4v) is 8.71. The van der Waals surface area contributed by atoms with Crippen molar-refractivity contribution in [3.05, 3.63) is 211 Å². The Labute approximate surface area is 324 Å². The minimum atomic E-state index is -0.284. The van der Waals surface area contributed by atoms with Gasteiger partial charge in [0.05, 0.1) is 27.8 Å². The molecule has 1 aliphatic heterocycles. The van der Waals surface area contributed by atoms with Gasteiger partial charge < -0.3 is 14.5 Å². The Kier molecular flexibility index (Phi) is 7.64. The zero-order valence-corrected chi connectivity index (χ0v) is 30.5. The van der Waals surface area contributed by atoms with Crippen LogP contribution >= 0.6 is 0 Å². The van der Waals surface area contributed by atoms with E-state index in [9.17, 15) is 0 Å². The van der Waals surface area contributed by atoms with Crippen LogP contribution in [0, 0.1) is 0 Å². The van der Waals surface area contributed by atoms with Gasteiger partial charge in [-0.3, -0.25) is 5.32 Å². The quantitative estimate of drug-likeness (QED) is 0.180. The van der Waals surface area contributed by atoms with Gasteiger partial charge in [-0.25, -0.2) is 4.99 Å². The van der Waals surface area contributed by atoms with Gasteiger partial charge in [0.2, 0.25) is 0 Å². The van der Waals surface area contributed by atoms with E-state index < -0.39 is 0 Å². The summed E-state index contributed by atoms with van der Waals surface area (Å²) in [6, 6.07) is 71.6. The summed E-state index contributed by atoms with van der Waals surface area (Å²) in [4.78, 5) is 5.21. The zero-order chi connectivity index (χ0) is 37.0. The van der Waals surface area contributed by atoms with Crippen molar-refractivity contribution < 1.29 is 0 Å². The maximum Gasteiger partial charge on any atom is 0.162 e. The molecule has 56 heavy (non-hydrogen) atoms. The number of aliphatic imine (C=N–C) groups is 1. The normalized spacial score (nSPS) is 15.7. The number of hydrogen-bond donors (Lipinski definition) is 2. The van der Waals surface area contributed by atoms with E-state index in [-0.39, 0.29) is 12.5 Å². The average Bonchev–Trinajstić information content (AvgIpc) is 3.78. The predicted octanol–water partition coefficient (Wildman–Crippen LogP) is 12.0. The van der Waals surface area contributed by atoms with Crippen LogP contribution in [0.5, 0.6) is 0 Å². The van der Waals surface area contributed by atoms with E-state index in [4.69, 9.17) is 4.99 Å². The molecule has 0 radical (unpaired) electrons. The van der Waals surface area contributed by atoms with Gasteiger partial charge in [0, 0.05) is 32.7 Å². The fourth-order valence-electron chi connectivity index (χ4n) is 8.71. The maximum absolute atomic E-state index is 5.21. The van der Waals surface area contributed by atoms with Gasteiger partial charge in [-0.1, -0.05) is 170 Å². The van der Waals surface area contributed by atoms with E-state index in [1.165, 1.54) is 54.8 Å². The summed E-state index contributed by atoms with van der Waals surface area (Å²) in [6.07, 6.45) is -0.527. The Morgan fingerprint density at radius 2 is 0.982 bits per heavy atom. The van der Waals surface area contributed by atoms with E-state index in [2.05, 4.69) is 214 Å². The number of hydrogen-bond acceptors (Lipinski definition) is 3. The lowest BCUT2D eigenvalue weighted by atomic mass is 9.93. The molecule has 0 fully saturated rings. The molecule has 2 N–H and O–H groups in total. The highest BCUT2D eigenvalue weighted by Crippen LogP contribution is 2.43. The molecular formula is C51H37N5. The Morgan fingerprint density at radius 1 is 0.429 bits per heavy atom. The van der Waals surface area contributed by atoms with E-state index >= 15 is 0 Å². The first-order valence-corrected chi connectivity index (χ1v) is 19.2. The highest BCUT2D eigenvalue weighted by molar-refractivity contribution is 6.19. The van der Waals surface area contributed by atoms with Gasteiger partial charge in [-0.15, -0.1) is 0 Å². The third-order valence-electron chi connectivity index (χ3n) is 11.2. The second-order valence-electron chi connectivity index (χ2n) is 14.4. The van der Waals surface area contributed by atoms with E-state index in [1.54, 1.807) is 0 Å². The van der Waals surface area contributed by atoms with Crippen molar-refractivity contribution in [2.75, 3.05) is 0 Å². The molecular weight excluding hydrogens is 683 g/mol. The van der Waals surface area contributed by atoms with E-state index in [1.807, 2.05) is 6.07 Å². The molecule has 2 atom stereocenters. The molecule has 10 aromatic rings. The zero-order valence-electron chi connectivity index (χ0n) is 30.5. The van der Waals surface area contributed by atoms with Gasteiger partial charge in [-0.05, 0) is 52.6 Å². The highest BCUT2D eigenvalue weighted by atomic mass is 15.4. The first-order chi connectivity index (χ1) is 27.8. The molecule has 0 amide bonds. The molecule has 5 nitrogen and oxygen atoms in total. The van der Waals surface area contributed by atoms with Crippen molar-refractivity contribution in [3.8, 4) is 27.9 Å². The molecule has 0 spiro atoms. The van der Waals surface area contributed by atoms with Crippen molar-refractivity contribution in [1.82, 2.24) is 19.8 Å². The van der Waals surface area contributed by atoms with Gasteiger partial charge in [0.1, 0.15) is 12.0 Å². The van der Waals surface area contributed by atoms with Crippen molar-refractivity contribution in [2.24, 2.45) is 4.99 Å². The van der Waals surface area contributed by atoms with Crippen LogP contribution in [0.2, 0.25) is 0 Å². The topological polar surface area (TPSA) is 46.3 Å². The molecule has 8 aromatic carbocycles. The van der Waals surface area contributed by atoms with Crippen molar-refractivity contribution in [1.29, 1.82) is 0 Å². The molecule has 0 saturated heterocycles. The summed E-state index contributed by atoms with van der Waals surface area (Å²) in [5, 5.41) is 12.5. The van der Waals surface area contributed by atoms with Gasteiger partial charge in [0.15, 0.2) is 6.29 Å². The third kappa shape index (κ3) is 5.24. The van der Waals surface area contributed by atoms with E-state index in [0.29, 0.717) is 0 Å². The Hall–Kier alpha value is -7.21. The molecule has 1 aliphatic rings. The van der Waals surface area contributed by atoms with Crippen LogP contribution in [-0.4, -0.2) is 15.0 Å². The van der Waals surface area contributed by atoms with E-state index in [0.717, 1.165) is 33.7 Å². The molecule has 3 heterocycles. The lowest BCUT2D eigenvalue weighted by Crippen LogP contribution is -2.47. The molecule has 11 rings (SSSR count). The van der Waals surface area contributed by atoms with Crippen LogP contribution in [0.25, 0.3) is 71.6 Å². The fraction of sp³-hybridized carbons (Fsp3) is 0.0392. The van der Waals surface area contributed by atoms with Crippen LogP contribution < -0.4 is 10.6 Å². The van der Waals surface area contributed by atoms with Crippen molar-refractivity contribution >= 4 is 49.4 Å². The molecule has 0 aliphatic carbocycles. The smallest absolute Gasteiger partial charge is 0.162 e. The number of rotatable bonds is 6. The minimum absolute atomic E-state index is 0.243. The Bertz CT molecular complexity index is 3070. The third-order valence-corrected chi connectivity index (χ3v) is 11.2. The summed E-state index contributed by atoms with van der Waals surface area (Å²) in [5.74, 6) is 0.860. The molecule has 266 valence electrons. The summed E-state index contributed by atoms with van der Waals surface area (Å²) < 4.78 is 4.91. The molecule has 0 saturated carbocycles. The van der Waals surface area contributed by atoms with Crippen LogP contribution in [0.15, 0.2) is 205 Å². The van der Waals surface area contributed by atoms with Gasteiger partial charge in [0.25, 0.3) is 0 Å². The summed E-state index contributed by atoms with van der Waals surface area (Å²) in [5.41, 5.74) is 12.7. The number of benzene rings is 8. The number of para-hydroxylation sites is 2.